The van der Waals surface area contributed by atoms with Gasteiger partial charge in [-0.1, -0.05) is 23.7 Å². The number of carbonyl (C=O) groups is 1. The fraction of sp³-hybridized carbons (Fsp3) is 0.500. The Morgan fingerprint density at radius 1 is 1.32 bits per heavy atom. The van der Waals surface area contributed by atoms with E-state index in [1.54, 1.807) is 29.2 Å². The first kappa shape index (κ1) is 17.1. The summed E-state index contributed by atoms with van der Waals surface area (Å²) in [6, 6.07) is 6.57. The highest BCUT2D eigenvalue weighted by molar-refractivity contribution is 7.88. The van der Waals surface area contributed by atoms with Crippen molar-refractivity contribution in [3.8, 4) is 0 Å². The van der Waals surface area contributed by atoms with Crippen LogP contribution in [-0.2, 0) is 20.5 Å². The van der Waals surface area contributed by atoms with Crippen molar-refractivity contribution in [1.29, 1.82) is 0 Å². The van der Waals surface area contributed by atoms with Crippen molar-refractivity contribution in [1.82, 2.24) is 9.62 Å². The van der Waals surface area contributed by atoms with Crippen LogP contribution in [0.2, 0.25) is 5.02 Å². The Bertz CT molecular complexity index is 610. The van der Waals surface area contributed by atoms with Crippen LogP contribution < -0.4 is 4.72 Å². The van der Waals surface area contributed by atoms with Gasteiger partial charge in [0.25, 0.3) is 0 Å². The topological polar surface area (TPSA) is 75.7 Å². The first-order chi connectivity index (χ1) is 10.4. The third-order valence-corrected chi connectivity index (χ3v) is 5.20. The number of nitrogens with zero attached hydrogens (tertiary/aromatic N) is 1. The Morgan fingerprint density at radius 2 is 1.91 bits per heavy atom. The molecule has 22 heavy (non-hydrogen) atoms. The van der Waals surface area contributed by atoms with Gasteiger partial charge in [-0.3, -0.25) is 0 Å². The molecule has 2 rings (SSSR count). The number of likely N-dealkylation sites (tertiary alicyclic amines) is 1. The Morgan fingerprint density at radius 3 is 2.45 bits per heavy atom. The first-order valence-corrected chi connectivity index (χ1v) is 9.00. The number of piperidine rings is 1. The van der Waals surface area contributed by atoms with Gasteiger partial charge in [-0.2, -0.15) is 0 Å². The van der Waals surface area contributed by atoms with Crippen LogP contribution in [0.1, 0.15) is 18.4 Å². The highest BCUT2D eigenvalue weighted by atomic mass is 35.5. The number of nitrogens with one attached hydrogen (secondary N) is 1. The third-order valence-electron chi connectivity index (χ3n) is 3.54. The van der Waals surface area contributed by atoms with Crippen molar-refractivity contribution in [2.24, 2.45) is 0 Å². The SMILES string of the molecule is COC(=O)N1CCC(NS(=O)(=O)Cc2ccc(Cl)cc2)CC1. The predicted octanol–water partition coefficient (Wildman–Crippen LogP) is 1.99. The van der Waals surface area contributed by atoms with Crippen molar-refractivity contribution in [2.45, 2.75) is 24.6 Å². The summed E-state index contributed by atoms with van der Waals surface area (Å²) in [6.07, 6.45) is 0.784. The summed E-state index contributed by atoms with van der Waals surface area (Å²) in [5.41, 5.74) is 0.684. The number of hydrogen-bond donors (Lipinski definition) is 1. The lowest BCUT2D eigenvalue weighted by Gasteiger charge is -2.31. The molecule has 0 aliphatic carbocycles. The Hall–Kier alpha value is -1.31. The Labute approximate surface area is 135 Å². The lowest BCUT2D eigenvalue weighted by Crippen LogP contribution is -2.46. The van der Waals surface area contributed by atoms with E-state index < -0.39 is 10.0 Å². The zero-order chi connectivity index (χ0) is 16.2. The van der Waals surface area contributed by atoms with Gasteiger partial charge >= 0.3 is 6.09 Å². The molecule has 1 saturated heterocycles. The van der Waals surface area contributed by atoms with Crippen LogP contribution in [0.25, 0.3) is 0 Å². The molecule has 0 aromatic heterocycles. The van der Waals surface area contributed by atoms with Crippen LogP contribution in [0.15, 0.2) is 24.3 Å². The lowest BCUT2D eigenvalue weighted by atomic mass is 10.1. The van der Waals surface area contributed by atoms with Gasteiger partial charge in [0.05, 0.1) is 12.9 Å². The summed E-state index contributed by atoms with van der Waals surface area (Å²) in [6.45, 7) is 0.974. The number of sulfonamides is 1. The highest BCUT2D eigenvalue weighted by Crippen LogP contribution is 2.15. The number of carbonyl (C=O) groups excluding carboxylic acids is 1. The minimum atomic E-state index is -3.42. The maximum Gasteiger partial charge on any atom is 0.409 e. The third kappa shape index (κ3) is 4.86. The quantitative estimate of drug-likeness (QED) is 0.904. The fourth-order valence-electron chi connectivity index (χ4n) is 2.40. The van der Waals surface area contributed by atoms with E-state index in [2.05, 4.69) is 9.46 Å². The van der Waals surface area contributed by atoms with Crippen molar-refractivity contribution < 1.29 is 17.9 Å². The molecule has 122 valence electrons. The molecule has 0 spiro atoms. The van der Waals surface area contributed by atoms with E-state index >= 15 is 0 Å². The molecule has 0 atom stereocenters. The Kier molecular flexibility index (Phi) is 5.66. The van der Waals surface area contributed by atoms with Gasteiger partial charge in [0, 0.05) is 24.2 Å². The van der Waals surface area contributed by atoms with Crippen molar-refractivity contribution in [3.05, 3.63) is 34.9 Å². The summed E-state index contributed by atoms with van der Waals surface area (Å²) in [7, 11) is -2.08. The molecule has 1 amide bonds. The number of methoxy groups -OCH3 is 1. The molecule has 0 bridgehead atoms. The normalized spacial score (nSPS) is 16.5. The number of hydrogen-bond acceptors (Lipinski definition) is 4. The van der Waals surface area contributed by atoms with Crippen LogP contribution in [0, 0.1) is 0 Å². The number of benzene rings is 1. The summed E-state index contributed by atoms with van der Waals surface area (Å²) in [5, 5.41) is 0.573. The van der Waals surface area contributed by atoms with Crippen LogP contribution in [0.4, 0.5) is 4.79 Å². The van der Waals surface area contributed by atoms with Crippen LogP contribution >= 0.6 is 11.6 Å². The molecule has 1 aliphatic rings. The molecule has 1 N–H and O–H groups in total. The zero-order valence-electron chi connectivity index (χ0n) is 12.3. The number of rotatable bonds is 4. The number of halogens is 1. The summed E-state index contributed by atoms with van der Waals surface area (Å²) >= 11 is 5.78. The zero-order valence-corrected chi connectivity index (χ0v) is 13.9. The standard InChI is InChI=1S/C14H19ClN2O4S/c1-21-14(18)17-8-6-13(7-9-17)16-22(19,20)10-11-2-4-12(15)5-3-11/h2-5,13,16H,6-10H2,1H3. The second-order valence-electron chi connectivity index (χ2n) is 5.23. The molecule has 1 aromatic rings. The number of ether oxygens (including phenoxy) is 1. The van der Waals surface area contributed by atoms with Crippen LogP contribution in [0.3, 0.4) is 0 Å². The van der Waals surface area contributed by atoms with Crippen molar-refractivity contribution in [3.63, 3.8) is 0 Å². The average molecular weight is 347 g/mol. The largest absolute Gasteiger partial charge is 0.453 e. The molecule has 1 aromatic carbocycles. The van der Waals surface area contributed by atoms with Gasteiger partial charge < -0.3 is 9.64 Å². The second kappa shape index (κ2) is 7.30. The first-order valence-electron chi connectivity index (χ1n) is 6.97. The number of amides is 1. The van der Waals surface area contributed by atoms with Gasteiger partial charge in [-0.25, -0.2) is 17.9 Å². The van der Waals surface area contributed by atoms with E-state index in [0.717, 1.165) is 0 Å². The van der Waals surface area contributed by atoms with Gasteiger partial charge in [0.1, 0.15) is 0 Å². The summed E-state index contributed by atoms with van der Waals surface area (Å²) < 4.78 is 31.7. The summed E-state index contributed by atoms with van der Waals surface area (Å²) in [5.74, 6) is -0.0820. The molecular weight excluding hydrogens is 328 g/mol. The van der Waals surface area contributed by atoms with E-state index in [4.69, 9.17) is 11.6 Å². The molecular formula is C14H19ClN2O4S. The maximum atomic E-state index is 12.2. The van der Waals surface area contributed by atoms with Gasteiger partial charge in [-0.05, 0) is 30.5 Å². The molecule has 8 heteroatoms. The van der Waals surface area contributed by atoms with Gasteiger partial charge in [0.15, 0.2) is 0 Å². The molecule has 1 aliphatic heterocycles. The molecule has 1 fully saturated rings. The van der Waals surface area contributed by atoms with E-state index in [1.807, 2.05) is 0 Å². The average Bonchev–Trinajstić information content (AvgIpc) is 2.49. The van der Waals surface area contributed by atoms with Gasteiger partial charge in [0.2, 0.25) is 10.0 Å². The smallest absolute Gasteiger partial charge is 0.409 e. The van der Waals surface area contributed by atoms with Gasteiger partial charge in [-0.15, -0.1) is 0 Å². The van der Waals surface area contributed by atoms with E-state index in [1.165, 1.54) is 7.11 Å². The highest BCUT2D eigenvalue weighted by Gasteiger charge is 2.26. The van der Waals surface area contributed by atoms with Crippen molar-refractivity contribution in [2.75, 3.05) is 20.2 Å². The van der Waals surface area contributed by atoms with E-state index in [0.29, 0.717) is 36.5 Å². The minimum Gasteiger partial charge on any atom is -0.453 e. The molecule has 0 unspecified atom stereocenters. The predicted molar refractivity (Wildman–Crippen MR) is 84.2 cm³/mol. The van der Waals surface area contributed by atoms with E-state index in [-0.39, 0.29) is 17.9 Å². The molecule has 0 saturated carbocycles. The van der Waals surface area contributed by atoms with E-state index in [9.17, 15) is 13.2 Å². The molecule has 1 heterocycles. The molecule has 6 nitrogen and oxygen atoms in total. The van der Waals surface area contributed by atoms with Crippen LogP contribution in [0.5, 0.6) is 0 Å². The summed E-state index contributed by atoms with van der Waals surface area (Å²) in [4.78, 5) is 13.0. The Balaban J connectivity index is 1.88. The second-order valence-corrected chi connectivity index (χ2v) is 7.43. The minimum absolute atomic E-state index is 0.0820. The lowest BCUT2D eigenvalue weighted by molar-refractivity contribution is 0.111. The molecule has 0 radical (unpaired) electrons. The fourth-order valence-corrected chi connectivity index (χ4v) is 3.99. The van der Waals surface area contributed by atoms with Crippen molar-refractivity contribution >= 4 is 27.7 Å². The van der Waals surface area contributed by atoms with Crippen LogP contribution in [-0.4, -0.2) is 45.7 Å². The monoisotopic (exact) mass is 346 g/mol. The maximum absolute atomic E-state index is 12.2.